The first kappa shape index (κ1) is 14.4. The van der Waals surface area contributed by atoms with E-state index in [1.807, 2.05) is 0 Å². The predicted octanol–water partition coefficient (Wildman–Crippen LogP) is 2.47. The fourth-order valence-corrected chi connectivity index (χ4v) is 2.54. The normalized spacial score (nSPS) is 20.3. The van der Waals surface area contributed by atoms with Gasteiger partial charge in [-0.3, -0.25) is 0 Å². The summed E-state index contributed by atoms with van der Waals surface area (Å²) in [5, 5.41) is 0. The molecule has 1 aliphatic rings. The van der Waals surface area contributed by atoms with Crippen molar-refractivity contribution in [2.45, 2.75) is 31.4 Å². The number of benzene rings is 1. The molecule has 0 amide bonds. The smallest absolute Gasteiger partial charge is 0.163 e. The maximum absolute atomic E-state index is 14.0. The van der Waals surface area contributed by atoms with Crippen molar-refractivity contribution in [3.63, 3.8) is 0 Å². The molecule has 5 heteroatoms. The van der Waals surface area contributed by atoms with Crippen molar-refractivity contribution >= 4 is 0 Å². The molecule has 1 aliphatic heterocycles. The van der Waals surface area contributed by atoms with Crippen LogP contribution in [0, 0.1) is 18.6 Å². The van der Waals surface area contributed by atoms with Crippen LogP contribution in [0.2, 0.25) is 0 Å². The van der Waals surface area contributed by atoms with Crippen molar-refractivity contribution < 1.29 is 18.3 Å². The predicted molar refractivity (Wildman–Crippen MR) is 67.8 cm³/mol. The highest BCUT2D eigenvalue weighted by atomic mass is 19.2. The minimum Gasteiger partial charge on any atom is -0.381 e. The summed E-state index contributed by atoms with van der Waals surface area (Å²) < 4.78 is 38.5. The van der Waals surface area contributed by atoms with E-state index in [-0.39, 0.29) is 11.1 Å². The molecule has 0 saturated carbocycles. The van der Waals surface area contributed by atoms with E-state index in [0.29, 0.717) is 26.1 Å². The molecule has 106 valence electrons. The Hall–Kier alpha value is -1.04. The Morgan fingerprint density at radius 1 is 1.26 bits per heavy atom. The molecule has 0 aliphatic carbocycles. The number of nitrogens with two attached hydrogens (primary N) is 1. The van der Waals surface area contributed by atoms with Crippen molar-refractivity contribution in [3.05, 3.63) is 34.9 Å². The maximum atomic E-state index is 14.0. The van der Waals surface area contributed by atoms with Crippen LogP contribution in [0.1, 0.15) is 30.0 Å². The minimum absolute atomic E-state index is 0.159. The van der Waals surface area contributed by atoms with Crippen LogP contribution in [0.5, 0.6) is 0 Å². The molecule has 1 aromatic carbocycles. The average molecular weight is 271 g/mol. The van der Waals surface area contributed by atoms with Gasteiger partial charge in [-0.05, 0) is 12.5 Å². The number of ether oxygens (including phenoxy) is 2. The molecule has 19 heavy (non-hydrogen) atoms. The van der Waals surface area contributed by atoms with Crippen LogP contribution in [0.4, 0.5) is 8.78 Å². The monoisotopic (exact) mass is 271 g/mol. The minimum atomic E-state index is -0.879. The van der Waals surface area contributed by atoms with E-state index in [9.17, 15) is 8.78 Å². The van der Waals surface area contributed by atoms with E-state index in [1.54, 1.807) is 7.11 Å². The Labute approximate surface area is 111 Å². The number of aryl methyl sites for hydroxylation is 1. The van der Waals surface area contributed by atoms with Gasteiger partial charge in [-0.2, -0.15) is 0 Å². The van der Waals surface area contributed by atoms with Gasteiger partial charge in [-0.25, -0.2) is 8.78 Å². The molecule has 1 atom stereocenters. The van der Waals surface area contributed by atoms with Gasteiger partial charge in [0.25, 0.3) is 0 Å². The van der Waals surface area contributed by atoms with Gasteiger partial charge in [0.15, 0.2) is 11.6 Å². The quantitative estimate of drug-likeness (QED) is 0.918. The van der Waals surface area contributed by atoms with E-state index in [2.05, 4.69) is 0 Å². The Morgan fingerprint density at radius 2 is 1.89 bits per heavy atom. The van der Waals surface area contributed by atoms with E-state index in [1.165, 1.54) is 19.1 Å². The van der Waals surface area contributed by atoms with Crippen LogP contribution in [0.25, 0.3) is 0 Å². The first-order valence-corrected chi connectivity index (χ1v) is 6.35. The summed E-state index contributed by atoms with van der Waals surface area (Å²) in [7, 11) is 1.55. The highest BCUT2D eigenvalue weighted by Gasteiger charge is 2.41. The number of halogens is 2. The fourth-order valence-electron chi connectivity index (χ4n) is 2.54. The van der Waals surface area contributed by atoms with Crippen LogP contribution in [0.3, 0.4) is 0 Å². The largest absolute Gasteiger partial charge is 0.381 e. The summed E-state index contributed by atoms with van der Waals surface area (Å²) in [5.41, 5.74) is 5.88. The van der Waals surface area contributed by atoms with Crippen LogP contribution < -0.4 is 5.73 Å². The van der Waals surface area contributed by atoms with Gasteiger partial charge < -0.3 is 15.2 Å². The molecule has 0 aromatic heterocycles. The second kappa shape index (κ2) is 5.53. The van der Waals surface area contributed by atoms with Crippen molar-refractivity contribution in [2.75, 3.05) is 20.3 Å². The first-order chi connectivity index (χ1) is 9.02. The Bertz CT molecular complexity index is 459. The van der Waals surface area contributed by atoms with Crippen LogP contribution in [-0.4, -0.2) is 25.9 Å². The molecular weight excluding hydrogens is 252 g/mol. The van der Waals surface area contributed by atoms with Gasteiger partial charge in [-0.15, -0.1) is 0 Å². The van der Waals surface area contributed by atoms with Crippen molar-refractivity contribution in [2.24, 2.45) is 5.73 Å². The van der Waals surface area contributed by atoms with Gasteiger partial charge in [0.05, 0.1) is 11.6 Å². The van der Waals surface area contributed by atoms with Crippen LogP contribution >= 0.6 is 0 Å². The van der Waals surface area contributed by atoms with Crippen LogP contribution in [0.15, 0.2) is 12.1 Å². The molecule has 3 nitrogen and oxygen atoms in total. The zero-order valence-electron chi connectivity index (χ0n) is 11.2. The molecule has 2 rings (SSSR count). The lowest BCUT2D eigenvalue weighted by atomic mass is 9.82. The zero-order valence-corrected chi connectivity index (χ0v) is 11.2. The summed E-state index contributed by atoms with van der Waals surface area (Å²) in [6.07, 6.45) is 1.14. The van der Waals surface area contributed by atoms with Gasteiger partial charge in [0.1, 0.15) is 0 Å². The molecule has 0 radical (unpaired) electrons. The molecular formula is C14H19F2NO2. The molecule has 2 N–H and O–H groups in total. The Kier molecular flexibility index (Phi) is 4.18. The topological polar surface area (TPSA) is 44.5 Å². The molecule has 1 heterocycles. The number of rotatable bonds is 3. The van der Waals surface area contributed by atoms with Gasteiger partial charge in [-0.1, -0.05) is 12.1 Å². The summed E-state index contributed by atoms with van der Waals surface area (Å²) in [6.45, 7) is 2.54. The molecule has 1 fully saturated rings. The van der Waals surface area contributed by atoms with E-state index >= 15 is 0 Å². The van der Waals surface area contributed by atoms with Crippen molar-refractivity contribution in [3.8, 4) is 0 Å². The molecule has 0 spiro atoms. The third-order valence-electron chi connectivity index (χ3n) is 3.95. The van der Waals surface area contributed by atoms with Crippen LogP contribution in [-0.2, 0) is 9.47 Å². The van der Waals surface area contributed by atoms with Crippen molar-refractivity contribution in [1.82, 2.24) is 0 Å². The lowest BCUT2D eigenvalue weighted by Gasteiger charge is -2.40. The lowest BCUT2D eigenvalue weighted by molar-refractivity contribution is -0.105. The highest BCUT2D eigenvalue weighted by Crippen LogP contribution is 2.37. The van der Waals surface area contributed by atoms with Gasteiger partial charge in [0.2, 0.25) is 0 Å². The number of hydrogen-bond donors (Lipinski definition) is 1. The maximum Gasteiger partial charge on any atom is 0.163 e. The molecule has 1 unspecified atom stereocenters. The molecule has 1 aromatic rings. The highest BCUT2D eigenvalue weighted by molar-refractivity contribution is 5.29. The second-order valence-electron chi connectivity index (χ2n) is 4.96. The van der Waals surface area contributed by atoms with E-state index < -0.39 is 23.3 Å². The average Bonchev–Trinajstić information content (AvgIpc) is 2.45. The fraction of sp³-hybridized carbons (Fsp3) is 0.571. The number of methoxy groups -OCH3 is 1. The molecule has 1 saturated heterocycles. The number of hydrogen-bond acceptors (Lipinski definition) is 3. The second-order valence-corrected chi connectivity index (χ2v) is 4.96. The first-order valence-electron chi connectivity index (χ1n) is 6.35. The third-order valence-corrected chi connectivity index (χ3v) is 3.95. The molecule has 0 bridgehead atoms. The SMILES string of the molecule is COC1(C(N)c2ccc(C)c(F)c2F)CCOCC1. The summed E-state index contributed by atoms with van der Waals surface area (Å²) in [6, 6.07) is 2.36. The summed E-state index contributed by atoms with van der Waals surface area (Å²) >= 11 is 0. The zero-order chi connectivity index (χ0) is 14.0. The lowest BCUT2D eigenvalue weighted by Crippen LogP contribution is -2.47. The summed E-state index contributed by atoms with van der Waals surface area (Å²) in [5.74, 6) is -1.72. The summed E-state index contributed by atoms with van der Waals surface area (Å²) in [4.78, 5) is 0. The Morgan fingerprint density at radius 3 is 2.47 bits per heavy atom. The van der Waals surface area contributed by atoms with Crippen molar-refractivity contribution in [1.29, 1.82) is 0 Å². The van der Waals surface area contributed by atoms with Gasteiger partial charge >= 0.3 is 0 Å². The van der Waals surface area contributed by atoms with Gasteiger partial charge in [0, 0.05) is 38.7 Å². The standard InChI is InChI=1S/C14H19F2NO2/c1-9-3-4-10(12(16)11(9)15)13(17)14(18-2)5-7-19-8-6-14/h3-4,13H,5-8,17H2,1-2H3. The third kappa shape index (κ3) is 2.50. The Balaban J connectivity index is 2.37. The van der Waals surface area contributed by atoms with E-state index in [0.717, 1.165) is 0 Å². The van der Waals surface area contributed by atoms with E-state index in [4.69, 9.17) is 15.2 Å².